The number of hydrogen-bond acceptors (Lipinski definition) is 2. The first-order valence-electron chi connectivity index (χ1n) is 2.86. The first-order chi connectivity index (χ1) is 3.97. The fourth-order valence-corrected chi connectivity index (χ4v) is 0.831. The molecule has 1 aromatic heterocycles. The van der Waals surface area contributed by atoms with Crippen molar-refractivity contribution in [3.8, 4) is 0 Å². The van der Waals surface area contributed by atoms with Gasteiger partial charge in [0.15, 0.2) is 0 Å². The lowest BCUT2D eigenvalue weighted by Crippen LogP contribution is -1.67. The van der Waals surface area contributed by atoms with Crippen molar-refractivity contribution in [2.75, 3.05) is 0 Å². The van der Waals surface area contributed by atoms with Crippen molar-refractivity contribution in [2.24, 2.45) is 0 Å². The zero-order valence-electron chi connectivity index (χ0n) is 4.50. The molecule has 0 N–H and O–H groups in total. The van der Waals surface area contributed by atoms with Crippen LogP contribution in [0.5, 0.6) is 0 Å². The van der Waals surface area contributed by atoms with Gasteiger partial charge in [0.1, 0.15) is 6.26 Å². The predicted octanol–water partition coefficient (Wildman–Crippen LogP) is 1.55. The molecule has 0 spiro atoms. The summed E-state index contributed by atoms with van der Waals surface area (Å²) < 4.78 is 4.67. The van der Waals surface area contributed by atoms with Crippen LogP contribution in [-0.4, -0.2) is 5.16 Å². The van der Waals surface area contributed by atoms with Crippen LogP contribution in [0.4, 0.5) is 0 Å². The minimum absolute atomic E-state index is 0.779. The molecule has 1 saturated carbocycles. The van der Waals surface area contributed by atoms with Crippen molar-refractivity contribution in [2.45, 2.75) is 18.8 Å². The van der Waals surface area contributed by atoms with Gasteiger partial charge in [-0.05, 0) is 18.8 Å². The Morgan fingerprint density at radius 3 is 3.00 bits per heavy atom. The molecular formula is C6H7NO. The lowest BCUT2D eigenvalue weighted by Gasteiger charge is -1.78. The van der Waals surface area contributed by atoms with E-state index >= 15 is 0 Å². The Hall–Kier alpha value is -0.790. The molecule has 0 unspecified atom stereocenters. The molecule has 1 fully saturated rings. The van der Waals surface area contributed by atoms with Gasteiger partial charge in [0.05, 0.1) is 6.20 Å². The van der Waals surface area contributed by atoms with Crippen molar-refractivity contribution in [1.29, 1.82) is 0 Å². The van der Waals surface area contributed by atoms with Crippen LogP contribution in [0, 0.1) is 0 Å². The second-order valence-electron chi connectivity index (χ2n) is 2.23. The van der Waals surface area contributed by atoms with E-state index in [2.05, 4.69) is 9.68 Å². The van der Waals surface area contributed by atoms with Gasteiger partial charge >= 0.3 is 0 Å². The average molecular weight is 109 g/mol. The lowest BCUT2D eigenvalue weighted by molar-refractivity contribution is 0.419. The number of nitrogens with zero attached hydrogens (tertiary/aromatic N) is 1. The van der Waals surface area contributed by atoms with E-state index in [1.54, 1.807) is 12.5 Å². The Morgan fingerprint density at radius 2 is 2.50 bits per heavy atom. The summed E-state index contributed by atoms with van der Waals surface area (Å²) in [7, 11) is 0. The van der Waals surface area contributed by atoms with Gasteiger partial charge in [-0.2, -0.15) is 0 Å². The third-order valence-corrected chi connectivity index (χ3v) is 1.50. The topological polar surface area (TPSA) is 26.0 Å². The molecule has 0 atom stereocenters. The van der Waals surface area contributed by atoms with Crippen LogP contribution in [0.1, 0.15) is 24.3 Å². The third-order valence-electron chi connectivity index (χ3n) is 1.50. The summed E-state index contributed by atoms with van der Waals surface area (Å²) in [6, 6.07) is 0. The highest BCUT2D eigenvalue weighted by Crippen LogP contribution is 2.39. The number of aromatic nitrogens is 1. The first-order valence-corrected chi connectivity index (χ1v) is 2.86. The standard InChI is InChI=1S/C6H7NO/c1-2-5(1)6-3-7-8-4-6/h3-5H,1-2H2. The van der Waals surface area contributed by atoms with Crippen LogP contribution in [0.2, 0.25) is 0 Å². The molecular weight excluding hydrogens is 102 g/mol. The Kier molecular flexibility index (Phi) is 0.692. The zero-order valence-corrected chi connectivity index (χ0v) is 4.50. The molecule has 1 heterocycles. The molecule has 0 bridgehead atoms. The van der Waals surface area contributed by atoms with Gasteiger partial charge in [-0.3, -0.25) is 0 Å². The maximum atomic E-state index is 4.67. The highest BCUT2D eigenvalue weighted by molar-refractivity contribution is 5.14. The molecule has 42 valence electrons. The van der Waals surface area contributed by atoms with Crippen LogP contribution >= 0.6 is 0 Å². The molecule has 0 aliphatic heterocycles. The van der Waals surface area contributed by atoms with E-state index in [4.69, 9.17) is 0 Å². The largest absolute Gasteiger partial charge is 0.364 e. The molecule has 0 aromatic carbocycles. The maximum Gasteiger partial charge on any atom is 0.127 e. The van der Waals surface area contributed by atoms with Gasteiger partial charge in [0.25, 0.3) is 0 Å². The molecule has 1 aromatic rings. The summed E-state index contributed by atoms with van der Waals surface area (Å²) in [5, 5.41) is 3.61. The minimum atomic E-state index is 0.779. The average Bonchev–Trinajstić information content (AvgIpc) is 2.49. The lowest BCUT2D eigenvalue weighted by atomic mass is 10.2. The smallest absolute Gasteiger partial charge is 0.127 e. The summed E-state index contributed by atoms with van der Waals surface area (Å²) in [4.78, 5) is 0. The molecule has 2 rings (SSSR count). The minimum Gasteiger partial charge on any atom is -0.364 e. The van der Waals surface area contributed by atoms with Gasteiger partial charge in [-0.15, -0.1) is 0 Å². The van der Waals surface area contributed by atoms with E-state index in [1.807, 2.05) is 0 Å². The fourth-order valence-electron chi connectivity index (χ4n) is 0.831. The van der Waals surface area contributed by atoms with Crippen LogP contribution < -0.4 is 0 Å². The molecule has 2 heteroatoms. The Labute approximate surface area is 47.5 Å². The molecule has 0 radical (unpaired) electrons. The number of rotatable bonds is 1. The highest BCUT2D eigenvalue weighted by atomic mass is 16.5. The molecule has 8 heavy (non-hydrogen) atoms. The van der Waals surface area contributed by atoms with Gasteiger partial charge in [-0.1, -0.05) is 5.16 Å². The molecule has 2 nitrogen and oxygen atoms in total. The van der Waals surface area contributed by atoms with E-state index in [0.717, 1.165) is 5.92 Å². The second-order valence-corrected chi connectivity index (χ2v) is 2.23. The van der Waals surface area contributed by atoms with Crippen molar-refractivity contribution in [1.82, 2.24) is 5.16 Å². The fraction of sp³-hybridized carbons (Fsp3) is 0.500. The van der Waals surface area contributed by atoms with Crippen LogP contribution in [0.25, 0.3) is 0 Å². The summed E-state index contributed by atoms with van der Waals surface area (Å²) in [5.74, 6) is 0.779. The Bertz CT molecular complexity index is 165. The van der Waals surface area contributed by atoms with Gasteiger partial charge in [-0.25, -0.2) is 0 Å². The first kappa shape index (κ1) is 4.13. The number of hydrogen-bond donors (Lipinski definition) is 0. The molecule has 0 amide bonds. The second kappa shape index (κ2) is 1.34. The van der Waals surface area contributed by atoms with E-state index in [1.165, 1.54) is 18.4 Å². The Balaban J connectivity index is 2.28. The van der Waals surface area contributed by atoms with Gasteiger partial charge < -0.3 is 4.52 Å². The van der Waals surface area contributed by atoms with E-state index < -0.39 is 0 Å². The molecule has 1 aliphatic rings. The monoisotopic (exact) mass is 109 g/mol. The quantitative estimate of drug-likeness (QED) is 0.546. The highest BCUT2D eigenvalue weighted by Gasteiger charge is 2.24. The molecule has 0 saturated heterocycles. The summed E-state index contributed by atoms with van der Waals surface area (Å²) in [5.41, 5.74) is 1.27. The van der Waals surface area contributed by atoms with Crippen molar-refractivity contribution in [3.63, 3.8) is 0 Å². The summed E-state index contributed by atoms with van der Waals surface area (Å²) in [6.45, 7) is 0. The predicted molar refractivity (Wildman–Crippen MR) is 28.5 cm³/mol. The van der Waals surface area contributed by atoms with E-state index in [0.29, 0.717) is 0 Å². The van der Waals surface area contributed by atoms with Crippen molar-refractivity contribution in [3.05, 3.63) is 18.0 Å². The molecule has 1 aliphatic carbocycles. The SMILES string of the molecule is c1nocc1C1CC1. The van der Waals surface area contributed by atoms with E-state index in [9.17, 15) is 0 Å². The summed E-state index contributed by atoms with van der Waals surface area (Å²) >= 11 is 0. The van der Waals surface area contributed by atoms with Gasteiger partial charge in [0.2, 0.25) is 0 Å². The maximum absolute atomic E-state index is 4.67. The van der Waals surface area contributed by atoms with Crippen LogP contribution in [0.15, 0.2) is 17.0 Å². The summed E-state index contributed by atoms with van der Waals surface area (Å²) in [6.07, 6.45) is 6.18. The van der Waals surface area contributed by atoms with Crippen molar-refractivity contribution >= 4 is 0 Å². The van der Waals surface area contributed by atoms with Crippen molar-refractivity contribution < 1.29 is 4.52 Å². The van der Waals surface area contributed by atoms with E-state index in [-0.39, 0.29) is 0 Å². The van der Waals surface area contributed by atoms with Crippen LogP contribution in [-0.2, 0) is 0 Å². The zero-order chi connectivity index (χ0) is 5.40. The van der Waals surface area contributed by atoms with Gasteiger partial charge in [0, 0.05) is 5.56 Å². The van der Waals surface area contributed by atoms with Crippen LogP contribution in [0.3, 0.4) is 0 Å². The Morgan fingerprint density at radius 1 is 1.62 bits per heavy atom. The normalized spacial score (nSPS) is 19.0. The third kappa shape index (κ3) is 0.529.